The molecule has 0 saturated heterocycles. The maximum atomic E-state index is 12.2. The third kappa shape index (κ3) is 4.08. The molecular weight excluding hydrogens is 306 g/mol. The van der Waals surface area contributed by atoms with Crippen molar-refractivity contribution in [3.63, 3.8) is 0 Å². The van der Waals surface area contributed by atoms with Crippen molar-refractivity contribution in [3.05, 3.63) is 46.8 Å². The molecule has 0 spiro atoms. The molecule has 0 aliphatic carbocycles. The van der Waals surface area contributed by atoms with Gasteiger partial charge in [-0.15, -0.1) is 11.3 Å². The predicted molar refractivity (Wildman–Crippen MR) is 84.9 cm³/mol. The van der Waals surface area contributed by atoms with E-state index in [9.17, 15) is 8.42 Å². The van der Waals surface area contributed by atoms with Crippen LogP contribution in [0.1, 0.15) is 17.5 Å². The van der Waals surface area contributed by atoms with E-state index < -0.39 is 10.0 Å². The molecule has 2 N–H and O–H groups in total. The number of rotatable bonds is 4. The number of anilines is 1. The minimum Gasteiger partial charge on any atom is -0.395 e. The van der Waals surface area contributed by atoms with Gasteiger partial charge in [-0.1, -0.05) is 24.0 Å². The van der Waals surface area contributed by atoms with Crippen molar-refractivity contribution in [2.75, 3.05) is 11.3 Å². The average Bonchev–Trinajstić information content (AvgIpc) is 2.97. The summed E-state index contributed by atoms with van der Waals surface area (Å²) in [5.41, 5.74) is 2.04. The van der Waals surface area contributed by atoms with Gasteiger partial charge in [0.05, 0.1) is 12.3 Å². The Bertz CT molecular complexity index is 769. The summed E-state index contributed by atoms with van der Waals surface area (Å²) in [7, 11) is -3.55. The SMILES string of the molecule is Cc1ccc(C#CCCO)cc1NS(=O)(=O)c1cccs1. The van der Waals surface area contributed by atoms with E-state index in [1.54, 1.807) is 23.6 Å². The molecule has 0 amide bonds. The van der Waals surface area contributed by atoms with Crippen molar-refractivity contribution in [3.8, 4) is 11.8 Å². The lowest BCUT2D eigenvalue weighted by Crippen LogP contribution is -2.12. The van der Waals surface area contributed by atoms with Gasteiger partial charge in [0.25, 0.3) is 10.0 Å². The van der Waals surface area contributed by atoms with Gasteiger partial charge in [-0.05, 0) is 36.1 Å². The van der Waals surface area contributed by atoms with E-state index in [0.29, 0.717) is 17.7 Å². The van der Waals surface area contributed by atoms with Crippen molar-refractivity contribution in [1.82, 2.24) is 0 Å². The number of nitrogens with one attached hydrogen (secondary N) is 1. The molecule has 0 fully saturated rings. The van der Waals surface area contributed by atoms with Crippen LogP contribution in [0.3, 0.4) is 0 Å². The first-order chi connectivity index (χ1) is 10.0. The Labute approximate surface area is 128 Å². The Kier molecular flexibility index (Phi) is 5.02. The summed E-state index contributed by atoms with van der Waals surface area (Å²) in [6.45, 7) is 1.84. The Balaban J connectivity index is 2.28. The zero-order valence-electron chi connectivity index (χ0n) is 11.5. The van der Waals surface area contributed by atoms with Gasteiger partial charge in [0.2, 0.25) is 0 Å². The summed E-state index contributed by atoms with van der Waals surface area (Å²) >= 11 is 1.17. The molecule has 1 aromatic heterocycles. The van der Waals surface area contributed by atoms with Gasteiger partial charge in [-0.2, -0.15) is 0 Å². The maximum absolute atomic E-state index is 12.2. The van der Waals surface area contributed by atoms with Crippen LogP contribution in [0.4, 0.5) is 5.69 Å². The largest absolute Gasteiger partial charge is 0.395 e. The average molecular weight is 321 g/mol. The summed E-state index contributed by atoms with van der Waals surface area (Å²) in [6.07, 6.45) is 0.393. The zero-order valence-corrected chi connectivity index (χ0v) is 13.1. The smallest absolute Gasteiger partial charge is 0.271 e. The highest BCUT2D eigenvalue weighted by molar-refractivity contribution is 7.94. The second-order valence-corrected chi connectivity index (χ2v) is 7.20. The summed E-state index contributed by atoms with van der Waals surface area (Å²) < 4.78 is 27.3. The topological polar surface area (TPSA) is 66.4 Å². The van der Waals surface area contributed by atoms with E-state index >= 15 is 0 Å². The molecule has 110 valence electrons. The van der Waals surface area contributed by atoms with Gasteiger partial charge in [0, 0.05) is 12.0 Å². The second-order valence-electron chi connectivity index (χ2n) is 4.34. The van der Waals surface area contributed by atoms with E-state index in [2.05, 4.69) is 16.6 Å². The van der Waals surface area contributed by atoms with E-state index in [-0.39, 0.29) is 10.8 Å². The maximum Gasteiger partial charge on any atom is 0.271 e. The lowest BCUT2D eigenvalue weighted by molar-refractivity contribution is 0.305. The van der Waals surface area contributed by atoms with Crippen LogP contribution < -0.4 is 4.72 Å². The molecule has 0 aliphatic heterocycles. The number of hydrogen-bond acceptors (Lipinski definition) is 4. The predicted octanol–water partition coefficient (Wildman–Crippen LogP) is 2.59. The van der Waals surface area contributed by atoms with Crippen molar-refractivity contribution in [2.45, 2.75) is 17.6 Å². The Morgan fingerprint density at radius 1 is 1.33 bits per heavy atom. The Hall–Kier alpha value is -1.81. The van der Waals surface area contributed by atoms with Crippen LogP contribution in [0.2, 0.25) is 0 Å². The van der Waals surface area contributed by atoms with Gasteiger partial charge in [0.15, 0.2) is 0 Å². The molecule has 0 radical (unpaired) electrons. The number of hydrogen-bond donors (Lipinski definition) is 2. The highest BCUT2D eigenvalue weighted by Crippen LogP contribution is 2.23. The molecule has 0 bridgehead atoms. The van der Waals surface area contributed by atoms with E-state index in [1.807, 2.05) is 19.1 Å². The van der Waals surface area contributed by atoms with Gasteiger partial charge < -0.3 is 5.11 Å². The quantitative estimate of drug-likeness (QED) is 0.851. The molecule has 1 heterocycles. The standard InChI is InChI=1S/C15H15NO3S2/c1-12-7-8-13(5-2-3-9-17)11-14(12)16-21(18,19)15-6-4-10-20-15/h4,6-8,10-11,16-17H,3,9H2,1H3. The van der Waals surface area contributed by atoms with Crippen molar-refractivity contribution in [2.24, 2.45) is 0 Å². The summed E-state index contributed by atoms with van der Waals surface area (Å²) in [4.78, 5) is 0. The molecule has 4 nitrogen and oxygen atoms in total. The minimum absolute atomic E-state index is 0.0106. The normalized spacial score (nSPS) is 10.8. The summed E-state index contributed by atoms with van der Waals surface area (Å²) in [5, 5.41) is 10.4. The van der Waals surface area contributed by atoms with Gasteiger partial charge >= 0.3 is 0 Å². The molecule has 0 saturated carbocycles. The first-order valence-electron chi connectivity index (χ1n) is 6.29. The van der Waals surface area contributed by atoms with E-state index in [1.165, 1.54) is 11.3 Å². The molecule has 21 heavy (non-hydrogen) atoms. The minimum atomic E-state index is -3.55. The third-order valence-corrected chi connectivity index (χ3v) is 5.47. The van der Waals surface area contributed by atoms with Crippen molar-refractivity contribution in [1.29, 1.82) is 0 Å². The monoisotopic (exact) mass is 321 g/mol. The van der Waals surface area contributed by atoms with E-state index in [0.717, 1.165) is 5.56 Å². The fourth-order valence-electron chi connectivity index (χ4n) is 1.64. The molecule has 2 rings (SSSR count). The van der Waals surface area contributed by atoms with Crippen LogP contribution in [0.25, 0.3) is 0 Å². The van der Waals surface area contributed by atoms with Crippen molar-refractivity contribution < 1.29 is 13.5 Å². The molecule has 1 aromatic carbocycles. The Morgan fingerprint density at radius 3 is 2.81 bits per heavy atom. The third-order valence-electron chi connectivity index (χ3n) is 2.71. The summed E-state index contributed by atoms with van der Waals surface area (Å²) in [6, 6.07) is 8.60. The number of thiophene rings is 1. The second kappa shape index (κ2) is 6.76. The molecule has 0 unspecified atom stereocenters. The highest BCUT2D eigenvalue weighted by atomic mass is 32.2. The summed E-state index contributed by atoms with van der Waals surface area (Å²) in [5.74, 6) is 5.70. The van der Waals surface area contributed by atoms with Gasteiger partial charge in [-0.3, -0.25) is 4.72 Å². The number of benzene rings is 1. The molecule has 0 atom stereocenters. The first-order valence-corrected chi connectivity index (χ1v) is 8.66. The van der Waals surface area contributed by atoms with Gasteiger partial charge in [0.1, 0.15) is 4.21 Å². The number of aliphatic hydroxyl groups excluding tert-OH is 1. The number of aryl methyl sites for hydroxylation is 1. The van der Waals surface area contributed by atoms with Crippen LogP contribution in [-0.4, -0.2) is 20.1 Å². The zero-order chi connectivity index (χ0) is 15.3. The van der Waals surface area contributed by atoms with Gasteiger partial charge in [-0.25, -0.2) is 8.42 Å². The lowest BCUT2D eigenvalue weighted by Gasteiger charge is -2.09. The van der Waals surface area contributed by atoms with Crippen LogP contribution in [0.15, 0.2) is 39.9 Å². The molecule has 6 heteroatoms. The Morgan fingerprint density at radius 2 is 2.14 bits per heavy atom. The number of aliphatic hydroxyl groups is 1. The first kappa shape index (κ1) is 15.6. The van der Waals surface area contributed by atoms with E-state index in [4.69, 9.17) is 5.11 Å². The lowest BCUT2D eigenvalue weighted by atomic mass is 10.1. The van der Waals surface area contributed by atoms with Crippen LogP contribution in [-0.2, 0) is 10.0 Å². The highest BCUT2D eigenvalue weighted by Gasteiger charge is 2.16. The van der Waals surface area contributed by atoms with Crippen LogP contribution in [0.5, 0.6) is 0 Å². The fraction of sp³-hybridized carbons (Fsp3) is 0.200. The van der Waals surface area contributed by atoms with Crippen molar-refractivity contribution >= 4 is 27.0 Å². The molecular formula is C15H15NO3S2. The molecule has 2 aromatic rings. The van der Waals surface area contributed by atoms with Crippen LogP contribution >= 0.6 is 11.3 Å². The van der Waals surface area contributed by atoms with Crippen LogP contribution in [0, 0.1) is 18.8 Å². The number of sulfonamides is 1. The fourth-order valence-corrected chi connectivity index (χ4v) is 3.76. The molecule has 0 aliphatic rings.